The Bertz CT molecular complexity index is 526. The molecular formula is C18H28N4O2. The fraction of sp³-hybridized carbons (Fsp3) is 0.667. The fourth-order valence-corrected chi connectivity index (χ4v) is 3.36. The Morgan fingerprint density at radius 3 is 2.79 bits per heavy atom. The molecule has 2 heterocycles. The minimum atomic E-state index is -0.00812. The summed E-state index contributed by atoms with van der Waals surface area (Å²) < 4.78 is 5.35. The van der Waals surface area contributed by atoms with Gasteiger partial charge >= 0.3 is 0 Å². The molecule has 0 radical (unpaired) electrons. The fourth-order valence-electron chi connectivity index (χ4n) is 3.36. The number of nitrogens with zero attached hydrogens (tertiary/aromatic N) is 2. The molecule has 0 bridgehead atoms. The average molecular weight is 332 g/mol. The highest BCUT2D eigenvalue weighted by Gasteiger charge is 2.17. The number of ether oxygens (including phenoxy) is 1. The number of carbonyl (C=O) groups excluding carboxylic acids is 1. The van der Waals surface area contributed by atoms with Crippen LogP contribution in [-0.4, -0.2) is 61.2 Å². The molecule has 1 saturated carbocycles. The third-order valence-electron chi connectivity index (χ3n) is 4.80. The minimum absolute atomic E-state index is 0.00812. The van der Waals surface area contributed by atoms with Crippen molar-refractivity contribution in [1.82, 2.24) is 15.2 Å². The number of morpholine rings is 1. The highest BCUT2D eigenvalue weighted by atomic mass is 16.5. The summed E-state index contributed by atoms with van der Waals surface area (Å²) >= 11 is 0. The van der Waals surface area contributed by atoms with Crippen LogP contribution in [0.25, 0.3) is 0 Å². The zero-order chi connectivity index (χ0) is 16.6. The summed E-state index contributed by atoms with van der Waals surface area (Å²) in [5, 5.41) is 6.51. The highest BCUT2D eigenvalue weighted by molar-refractivity contribution is 5.94. The van der Waals surface area contributed by atoms with Crippen molar-refractivity contribution in [2.45, 2.75) is 38.1 Å². The van der Waals surface area contributed by atoms with Gasteiger partial charge in [-0.1, -0.05) is 19.3 Å². The molecular weight excluding hydrogens is 304 g/mol. The summed E-state index contributed by atoms with van der Waals surface area (Å²) in [6, 6.07) is 2.22. The monoisotopic (exact) mass is 332 g/mol. The van der Waals surface area contributed by atoms with E-state index in [2.05, 4.69) is 20.5 Å². The predicted octanol–water partition coefficient (Wildman–Crippen LogP) is 1.89. The maximum Gasteiger partial charge on any atom is 0.253 e. The van der Waals surface area contributed by atoms with Gasteiger partial charge in [0.2, 0.25) is 0 Å². The molecule has 6 nitrogen and oxygen atoms in total. The normalized spacial score (nSPS) is 19.8. The lowest BCUT2D eigenvalue weighted by atomic mass is 9.95. The molecule has 0 spiro atoms. The van der Waals surface area contributed by atoms with Crippen LogP contribution in [0.5, 0.6) is 0 Å². The van der Waals surface area contributed by atoms with Crippen molar-refractivity contribution in [3.8, 4) is 0 Å². The van der Waals surface area contributed by atoms with Gasteiger partial charge < -0.3 is 15.4 Å². The van der Waals surface area contributed by atoms with Crippen LogP contribution in [0.2, 0.25) is 0 Å². The number of rotatable bonds is 6. The van der Waals surface area contributed by atoms with Gasteiger partial charge in [0.1, 0.15) is 0 Å². The molecule has 1 aliphatic heterocycles. The standard InChI is InChI=1S/C18H28N4O2/c23-18(21-16-4-2-1-3-5-16)15-12-17(14-19-13-15)20-6-7-22-8-10-24-11-9-22/h12-14,16,20H,1-11H2,(H,21,23). The number of aromatic nitrogens is 1. The average Bonchev–Trinajstić information content (AvgIpc) is 2.64. The van der Waals surface area contributed by atoms with Gasteiger partial charge in [-0.3, -0.25) is 14.7 Å². The number of pyridine rings is 1. The van der Waals surface area contributed by atoms with Crippen LogP contribution in [0.15, 0.2) is 18.5 Å². The lowest BCUT2D eigenvalue weighted by Gasteiger charge is -2.26. The van der Waals surface area contributed by atoms with E-state index in [-0.39, 0.29) is 5.91 Å². The molecule has 1 aromatic rings. The lowest BCUT2D eigenvalue weighted by molar-refractivity contribution is 0.0398. The summed E-state index contributed by atoms with van der Waals surface area (Å²) in [6.07, 6.45) is 9.32. The summed E-state index contributed by atoms with van der Waals surface area (Å²) in [5.41, 5.74) is 1.54. The van der Waals surface area contributed by atoms with Crippen molar-refractivity contribution in [2.24, 2.45) is 0 Å². The van der Waals surface area contributed by atoms with Crippen molar-refractivity contribution in [3.63, 3.8) is 0 Å². The first-order valence-corrected chi connectivity index (χ1v) is 9.11. The van der Waals surface area contributed by atoms with Gasteiger partial charge in [0, 0.05) is 44.6 Å². The molecule has 2 N–H and O–H groups in total. The first-order chi connectivity index (χ1) is 11.8. The molecule has 3 rings (SSSR count). The number of hydrogen-bond acceptors (Lipinski definition) is 5. The quantitative estimate of drug-likeness (QED) is 0.833. The van der Waals surface area contributed by atoms with Gasteiger partial charge in [0.15, 0.2) is 0 Å². The van der Waals surface area contributed by atoms with E-state index >= 15 is 0 Å². The van der Waals surface area contributed by atoms with Crippen molar-refractivity contribution in [3.05, 3.63) is 24.0 Å². The Balaban J connectivity index is 1.46. The zero-order valence-electron chi connectivity index (χ0n) is 14.3. The molecule has 24 heavy (non-hydrogen) atoms. The number of amides is 1. The van der Waals surface area contributed by atoms with Crippen molar-refractivity contribution in [1.29, 1.82) is 0 Å². The Kier molecular flexibility index (Phi) is 6.43. The van der Waals surface area contributed by atoms with Gasteiger partial charge in [0.25, 0.3) is 5.91 Å². The molecule has 2 aliphatic rings. The van der Waals surface area contributed by atoms with Gasteiger partial charge in [0.05, 0.1) is 24.5 Å². The Morgan fingerprint density at radius 2 is 2.00 bits per heavy atom. The van der Waals surface area contributed by atoms with Gasteiger partial charge in [-0.2, -0.15) is 0 Å². The number of nitrogens with one attached hydrogen (secondary N) is 2. The molecule has 0 atom stereocenters. The second-order valence-corrected chi connectivity index (χ2v) is 6.65. The van der Waals surface area contributed by atoms with Crippen LogP contribution >= 0.6 is 0 Å². The second-order valence-electron chi connectivity index (χ2n) is 6.65. The van der Waals surface area contributed by atoms with E-state index in [4.69, 9.17) is 4.74 Å². The summed E-state index contributed by atoms with van der Waals surface area (Å²) in [7, 11) is 0. The Morgan fingerprint density at radius 1 is 1.21 bits per heavy atom. The van der Waals surface area contributed by atoms with Crippen LogP contribution in [0.4, 0.5) is 5.69 Å². The van der Waals surface area contributed by atoms with E-state index in [1.165, 1.54) is 19.3 Å². The number of carbonyl (C=O) groups is 1. The van der Waals surface area contributed by atoms with E-state index in [1.54, 1.807) is 12.4 Å². The van der Waals surface area contributed by atoms with E-state index in [1.807, 2.05) is 6.07 Å². The second kappa shape index (κ2) is 8.99. The van der Waals surface area contributed by atoms with E-state index in [0.717, 1.165) is 57.9 Å². The molecule has 132 valence electrons. The predicted molar refractivity (Wildman–Crippen MR) is 94.3 cm³/mol. The van der Waals surface area contributed by atoms with Crippen LogP contribution in [0.3, 0.4) is 0 Å². The van der Waals surface area contributed by atoms with E-state index < -0.39 is 0 Å². The number of anilines is 1. The SMILES string of the molecule is O=C(NC1CCCCC1)c1cncc(NCCN2CCOCC2)c1. The molecule has 2 fully saturated rings. The zero-order valence-corrected chi connectivity index (χ0v) is 14.3. The first-order valence-electron chi connectivity index (χ1n) is 9.11. The third kappa shape index (κ3) is 5.18. The Labute approximate surface area is 144 Å². The minimum Gasteiger partial charge on any atom is -0.382 e. The van der Waals surface area contributed by atoms with Gasteiger partial charge in [-0.25, -0.2) is 0 Å². The molecule has 0 unspecified atom stereocenters. The van der Waals surface area contributed by atoms with E-state index in [0.29, 0.717) is 11.6 Å². The summed E-state index contributed by atoms with van der Waals surface area (Å²) in [5.74, 6) is -0.00812. The van der Waals surface area contributed by atoms with Gasteiger partial charge in [-0.05, 0) is 18.9 Å². The van der Waals surface area contributed by atoms with Crippen LogP contribution in [0.1, 0.15) is 42.5 Å². The molecule has 6 heteroatoms. The highest BCUT2D eigenvalue weighted by Crippen LogP contribution is 2.18. The van der Waals surface area contributed by atoms with Gasteiger partial charge in [-0.15, -0.1) is 0 Å². The Hall–Kier alpha value is -1.66. The summed E-state index contributed by atoms with van der Waals surface area (Å²) in [6.45, 7) is 5.43. The van der Waals surface area contributed by atoms with Crippen LogP contribution in [-0.2, 0) is 4.74 Å². The molecule has 0 aromatic carbocycles. The van der Waals surface area contributed by atoms with E-state index in [9.17, 15) is 4.79 Å². The third-order valence-corrected chi connectivity index (χ3v) is 4.80. The largest absolute Gasteiger partial charge is 0.382 e. The van der Waals surface area contributed by atoms with Crippen LogP contribution in [0, 0.1) is 0 Å². The first kappa shape index (κ1) is 17.2. The maximum atomic E-state index is 12.4. The van der Waals surface area contributed by atoms with Crippen LogP contribution < -0.4 is 10.6 Å². The summed E-state index contributed by atoms with van der Waals surface area (Å²) in [4.78, 5) is 19.0. The topological polar surface area (TPSA) is 66.5 Å². The smallest absolute Gasteiger partial charge is 0.253 e. The van der Waals surface area contributed by atoms with Crippen molar-refractivity contribution in [2.75, 3.05) is 44.7 Å². The lowest BCUT2D eigenvalue weighted by Crippen LogP contribution is -2.39. The molecule has 1 aromatic heterocycles. The van der Waals surface area contributed by atoms with Crippen molar-refractivity contribution < 1.29 is 9.53 Å². The molecule has 1 aliphatic carbocycles. The number of hydrogen-bond donors (Lipinski definition) is 2. The molecule has 1 saturated heterocycles. The maximum absolute atomic E-state index is 12.4. The van der Waals surface area contributed by atoms with Crippen molar-refractivity contribution >= 4 is 11.6 Å². The molecule has 1 amide bonds.